The Balaban J connectivity index is 2.85. The van der Waals surface area contributed by atoms with Crippen LogP contribution in [0.3, 0.4) is 0 Å². The average Bonchev–Trinajstić information content (AvgIpc) is 2.30. The van der Waals surface area contributed by atoms with Crippen molar-refractivity contribution in [1.82, 2.24) is 5.32 Å². The first-order valence-corrected chi connectivity index (χ1v) is 6.37. The summed E-state index contributed by atoms with van der Waals surface area (Å²) in [6.45, 7) is 7.35. The summed E-state index contributed by atoms with van der Waals surface area (Å²) < 4.78 is 32.7. The molecule has 0 radical (unpaired) electrons. The maximum atomic E-state index is 13.8. The van der Waals surface area contributed by atoms with Crippen LogP contribution in [0, 0.1) is 11.6 Å². The fourth-order valence-electron chi connectivity index (χ4n) is 1.43. The standard InChI is InChI=1S/C14H21F2NO2/c1-8(2)17-7-11-5-12(15)14(13(16)6-11)19-10(4)9(3)18/h5-6,8-10,17-18H,7H2,1-4H3. The first-order valence-electron chi connectivity index (χ1n) is 6.37. The van der Waals surface area contributed by atoms with Crippen molar-refractivity contribution in [1.29, 1.82) is 0 Å². The highest BCUT2D eigenvalue weighted by Crippen LogP contribution is 2.25. The van der Waals surface area contributed by atoms with Crippen LogP contribution in [0.25, 0.3) is 0 Å². The smallest absolute Gasteiger partial charge is 0.191 e. The van der Waals surface area contributed by atoms with Crippen molar-refractivity contribution in [2.45, 2.75) is 52.5 Å². The van der Waals surface area contributed by atoms with Crippen LogP contribution in [-0.2, 0) is 6.54 Å². The minimum absolute atomic E-state index is 0.234. The van der Waals surface area contributed by atoms with Gasteiger partial charge in [0, 0.05) is 12.6 Å². The summed E-state index contributed by atoms with van der Waals surface area (Å²) >= 11 is 0. The second-order valence-corrected chi connectivity index (χ2v) is 4.99. The van der Waals surface area contributed by atoms with Gasteiger partial charge in [-0.3, -0.25) is 0 Å². The molecule has 0 heterocycles. The number of benzene rings is 1. The number of nitrogens with one attached hydrogen (secondary N) is 1. The first-order chi connectivity index (χ1) is 8.81. The van der Waals surface area contributed by atoms with Crippen LogP contribution < -0.4 is 10.1 Å². The fraction of sp³-hybridized carbons (Fsp3) is 0.571. The Kier molecular flexibility index (Phi) is 5.69. The lowest BCUT2D eigenvalue weighted by molar-refractivity contribution is 0.0551. The van der Waals surface area contributed by atoms with E-state index in [9.17, 15) is 13.9 Å². The Hall–Kier alpha value is -1.20. The highest BCUT2D eigenvalue weighted by molar-refractivity contribution is 5.31. The average molecular weight is 273 g/mol. The molecular weight excluding hydrogens is 252 g/mol. The van der Waals surface area contributed by atoms with Gasteiger partial charge >= 0.3 is 0 Å². The van der Waals surface area contributed by atoms with E-state index in [1.54, 1.807) is 6.92 Å². The molecule has 0 aromatic heterocycles. The SMILES string of the molecule is CC(C)NCc1cc(F)c(OC(C)C(C)O)c(F)c1. The van der Waals surface area contributed by atoms with Crippen LogP contribution in [0.5, 0.6) is 5.75 Å². The summed E-state index contributed by atoms with van der Waals surface area (Å²) in [5.74, 6) is -1.96. The molecule has 108 valence electrons. The molecule has 2 unspecified atom stereocenters. The minimum Gasteiger partial charge on any atom is -0.482 e. The number of hydrogen-bond donors (Lipinski definition) is 2. The molecule has 0 saturated heterocycles. The van der Waals surface area contributed by atoms with Crippen LogP contribution in [0.2, 0.25) is 0 Å². The van der Waals surface area contributed by atoms with Gasteiger partial charge in [-0.05, 0) is 31.5 Å². The van der Waals surface area contributed by atoms with Crippen molar-refractivity contribution in [3.63, 3.8) is 0 Å². The van der Waals surface area contributed by atoms with E-state index in [-0.39, 0.29) is 6.04 Å². The summed E-state index contributed by atoms with van der Waals surface area (Å²) in [4.78, 5) is 0. The quantitative estimate of drug-likeness (QED) is 0.837. The van der Waals surface area contributed by atoms with Gasteiger partial charge in [0.2, 0.25) is 0 Å². The maximum Gasteiger partial charge on any atom is 0.191 e. The summed E-state index contributed by atoms with van der Waals surface area (Å²) in [5.41, 5.74) is 0.515. The molecule has 0 bridgehead atoms. The zero-order valence-corrected chi connectivity index (χ0v) is 11.7. The van der Waals surface area contributed by atoms with E-state index in [0.29, 0.717) is 12.1 Å². The zero-order valence-electron chi connectivity index (χ0n) is 11.7. The predicted octanol–water partition coefficient (Wildman–Crippen LogP) is 2.61. The topological polar surface area (TPSA) is 41.5 Å². The third-order valence-electron chi connectivity index (χ3n) is 2.76. The second kappa shape index (κ2) is 6.82. The molecule has 1 aromatic carbocycles. The van der Waals surface area contributed by atoms with Crippen molar-refractivity contribution < 1.29 is 18.6 Å². The number of hydrogen-bond acceptors (Lipinski definition) is 3. The Morgan fingerprint density at radius 2 is 1.68 bits per heavy atom. The third-order valence-corrected chi connectivity index (χ3v) is 2.76. The molecule has 1 rings (SSSR count). The molecular formula is C14H21F2NO2. The molecule has 0 spiro atoms. The molecule has 0 fully saturated rings. The van der Waals surface area contributed by atoms with E-state index in [2.05, 4.69) is 5.32 Å². The second-order valence-electron chi connectivity index (χ2n) is 4.99. The lowest BCUT2D eigenvalue weighted by Crippen LogP contribution is -2.26. The van der Waals surface area contributed by atoms with Gasteiger partial charge in [-0.25, -0.2) is 8.78 Å². The van der Waals surface area contributed by atoms with E-state index in [4.69, 9.17) is 4.74 Å². The van der Waals surface area contributed by atoms with Crippen molar-refractivity contribution >= 4 is 0 Å². The van der Waals surface area contributed by atoms with E-state index in [1.807, 2.05) is 13.8 Å². The van der Waals surface area contributed by atoms with E-state index in [0.717, 1.165) is 0 Å². The number of aliphatic hydroxyl groups is 1. The summed E-state index contributed by atoms with van der Waals surface area (Å²) in [6, 6.07) is 2.71. The Morgan fingerprint density at radius 1 is 1.16 bits per heavy atom. The molecule has 0 amide bonds. The molecule has 0 aliphatic heterocycles. The maximum absolute atomic E-state index is 13.8. The van der Waals surface area contributed by atoms with Crippen LogP contribution in [-0.4, -0.2) is 23.4 Å². The number of rotatable bonds is 6. The normalized spacial score (nSPS) is 14.5. The van der Waals surface area contributed by atoms with Crippen LogP contribution in [0.4, 0.5) is 8.78 Å². The lowest BCUT2D eigenvalue weighted by atomic mass is 10.2. The molecule has 5 heteroatoms. The number of ether oxygens (including phenoxy) is 1. The largest absolute Gasteiger partial charge is 0.482 e. The minimum atomic E-state index is -0.805. The van der Waals surface area contributed by atoms with E-state index < -0.39 is 29.6 Å². The van der Waals surface area contributed by atoms with Gasteiger partial charge in [-0.1, -0.05) is 13.8 Å². The Bertz CT molecular complexity index is 399. The van der Waals surface area contributed by atoms with E-state index in [1.165, 1.54) is 19.1 Å². The zero-order chi connectivity index (χ0) is 14.6. The monoisotopic (exact) mass is 273 g/mol. The van der Waals surface area contributed by atoms with Gasteiger partial charge < -0.3 is 15.2 Å². The van der Waals surface area contributed by atoms with Crippen molar-refractivity contribution in [3.8, 4) is 5.75 Å². The van der Waals surface area contributed by atoms with Crippen molar-refractivity contribution in [2.24, 2.45) is 0 Å². The third kappa shape index (κ3) is 4.76. The lowest BCUT2D eigenvalue weighted by Gasteiger charge is -2.18. The van der Waals surface area contributed by atoms with Crippen LogP contribution >= 0.6 is 0 Å². The van der Waals surface area contributed by atoms with Crippen molar-refractivity contribution in [3.05, 3.63) is 29.3 Å². The summed E-state index contributed by atoms with van der Waals surface area (Å²) in [7, 11) is 0. The summed E-state index contributed by atoms with van der Waals surface area (Å²) in [5, 5.41) is 12.4. The molecule has 19 heavy (non-hydrogen) atoms. The van der Waals surface area contributed by atoms with Gasteiger partial charge in [-0.15, -0.1) is 0 Å². The molecule has 3 nitrogen and oxygen atoms in total. The van der Waals surface area contributed by atoms with Gasteiger partial charge in [0.05, 0.1) is 6.10 Å². The van der Waals surface area contributed by atoms with Crippen LogP contribution in [0.1, 0.15) is 33.3 Å². The molecule has 0 aliphatic carbocycles. The molecule has 0 saturated carbocycles. The van der Waals surface area contributed by atoms with Crippen LogP contribution in [0.15, 0.2) is 12.1 Å². The highest BCUT2D eigenvalue weighted by atomic mass is 19.1. The summed E-state index contributed by atoms with van der Waals surface area (Å²) in [6.07, 6.45) is -1.48. The number of aliphatic hydroxyl groups excluding tert-OH is 1. The Labute approximate surface area is 112 Å². The van der Waals surface area contributed by atoms with Gasteiger partial charge in [0.15, 0.2) is 17.4 Å². The molecule has 2 N–H and O–H groups in total. The van der Waals surface area contributed by atoms with Gasteiger partial charge in [0.25, 0.3) is 0 Å². The first kappa shape index (κ1) is 15.9. The highest BCUT2D eigenvalue weighted by Gasteiger charge is 2.18. The van der Waals surface area contributed by atoms with Gasteiger partial charge in [-0.2, -0.15) is 0 Å². The predicted molar refractivity (Wildman–Crippen MR) is 70.1 cm³/mol. The van der Waals surface area contributed by atoms with Crippen molar-refractivity contribution in [2.75, 3.05) is 0 Å². The molecule has 2 atom stereocenters. The number of halogens is 2. The molecule has 0 aliphatic rings. The molecule has 1 aromatic rings. The Morgan fingerprint density at radius 3 is 2.11 bits per heavy atom. The van der Waals surface area contributed by atoms with E-state index >= 15 is 0 Å². The fourth-order valence-corrected chi connectivity index (χ4v) is 1.43. The van der Waals surface area contributed by atoms with Gasteiger partial charge in [0.1, 0.15) is 6.10 Å².